The first-order chi connectivity index (χ1) is 10.8. The number of fused-ring (bicyclic) bond motifs is 1. The summed E-state index contributed by atoms with van der Waals surface area (Å²) in [6, 6.07) is 14.1. The predicted molar refractivity (Wildman–Crippen MR) is 87.8 cm³/mol. The van der Waals surface area contributed by atoms with Crippen molar-refractivity contribution in [1.29, 1.82) is 0 Å². The monoisotopic (exact) mass is 286 g/mol. The van der Waals surface area contributed by atoms with Crippen LogP contribution in [0, 0.1) is 0 Å². The van der Waals surface area contributed by atoms with Gasteiger partial charge in [-0.15, -0.1) is 0 Å². The van der Waals surface area contributed by atoms with Crippen molar-refractivity contribution in [1.82, 2.24) is 19.7 Å². The zero-order valence-corrected chi connectivity index (χ0v) is 11.9. The molecule has 0 unspecified atom stereocenters. The minimum Gasteiger partial charge on any atom is -0.346 e. The summed E-state index contributed by atoms with van der Waals surface area (Å²) in [5.41, 5.74) is 4.93. The van der Waals surface area contributed by atoms with Crippen LogP contribution in [0.3, 0.4) is 0 Å². The number of aromatic nitrogens is 4. The lowest BCUT2D eigenvalue weighted by atomic mass is 10.0. The van der Waals surface area contributed by atoms with Crippen molar-refractivity contribution in [3.63, 3.8) is 0 Å². The molecule has 0 atom stereocenters. The van der Waals surface area contributed by atoms with Crippen LogP contribution >= 0.6 is 0 Å². The van der Waals surface area contributed by atoms with Gasteiger partial charge < -0.3 is 4.98 Å². The molecule has 3 heterocycles. The summed E-state index contributed by atoms with van der Waals surface area (Å²) in [4.78, 5) is 7.42. The van der Waals surface area contributed by atoms with E-state index >= 15 is 0 Å². The SMILES string of the molecule is C=C(c1ccccc1)c1cnn(-c2ccnc3[nH]ccc23)c1. The minimum absolute atomic E-state index is 0.858. The van der Waals surface area contributed by atoms with Crippen LogP contribution in [0.15, 0.2) is 73.8 Å². The highest BCUT2D eigenvalue weighted by molar-refractivity contribution is 5.85. The standard InChI is InChI=1S/C18H14N4/c1-13(14-5-3-2-4-6-14)15-11-21-22(12-15)17-8-10-20-18-16(17)7-9-19-18/h2-12H,1H2,(H,19,20). The number of aromatic amines is 1. The van der Waals surface area contributed by atoms with Crippen LogP contribution < -0.4 is 0 Å². The van der Waals surface area contributed by atoms with E-state index in [9.17, 15) is 0 Å². The van der Waals surface area contributed by atoms with Gasteiger partial charge in [0.15, 0.2) is 0 Å². The topological polar surface area (TPSA) is 46.5 Å². The average molecular weight is 286 g/mol. The van der Waals surface area contributed by atoms with Crippen molar-refractivity contribution in [3.05, 3.63) is 85.0 Å². The molecule has 4 rings (SSSR count). The number of nitrogens with zero attached hydrogens (tertiary/aromatic N) is 3. The molecule has 0 fully saturated rings. The van der Waals surface area contributed by atoms with Gasteiger partial charge in [-0.05, 0) is 23.3 Å². The number of benzene rings is 1. The summed E-state index contributed by atoms with van der Waals surface area (Å²) in [6.07, 6.45) is 7.50. The Morgan fingerprint density at radius 2 is 1.91 bits per heavy atom. The van der Waals surface area contributed by atoms with Gasteiger partial charge in [-0.1, -0.05) is 36.9 Å². The Labute approximate surface area is 127 Å². The normalized spacial score (nSPS) is 10.9. The first-order valence-electron chi connectivity index (χ1n) is 7.05. The maximum Gasteiger partial charge on any atom is 0.139 e. The number of hydrogen-bond donors (Lipinski definition) is 1. The summed E-state index contributed by atoms with van der Waals surface area (Å²) in [6.45, 7) is 4.18. The lowest BCUT2D eigenvalue weighted by Gasteiger charge is -2.04. The van der Waals surface area contributed by atoms with Crippen molar-refractivity contribution in [2.24, 2.45) is 0 Å². The average Bonchev–Trinajstić information content (AvgIpc) is 3.24. The first kappa shape index (κ1) is 12.6. The van der Waals surface area contributed by atoms with Crippen molar-refractivity contribution in [3.8, 4) is 5.69 Å². The summed E-state index contributed by atoms with van der Waals surface area (Å²) < 4.78 is 1.86. The van der Waals surface area contributed by atoms with Crippen molar-refractivity contribution < 1.29 is 0 Å². The molecular formula is C18H14N4. The second kappa shape index (κ2) is 5.00. The smallest absolute Gasteiger partial charge is 0.139 e. The maximum absolute atomic E-state index is 4.48. The fourth-order valence-corrected chi connectivity index (χ4v) is 2.56. The molecule has 0 saturated carbocycles. The number of nitrogens with one attached hydrogen (secondary N) is 1. The van der Waals surface area contributed by atoms with Gasteiger partial charge in [0.1, 0.15) is 5.65 Å². The van der Waals surface area contributed by atoms with Crippen molar-refractivity contribution in [2.75, 3.05) is 0 Å². The number of rotatable bonds is 3. The van der Waals surface area contributed by atoms with Gasteiger partial charge in [-0.2, -0.15) is 5.10 Å². The van der Waals surface area contributed by atoms with E-state index < -0.39 is 0 Å². The summed E-state index contributed by atoms with van der Waals surface area (Å²) in [5.74, 6) is 0. The third-order valence-corrected chi connectivity index (χ3v) is 3.74. The molecule has 0 saturated heterocycles. The molecule has 22 heavy (non-hydrogen) atoms. The first-order valence-corrected chi connectivity index (χ1v) is 7.05. The van der Waals surface area contributed by atoms with Gasteiger partial charge in [0.2, 0.25) is 0 Å². The van der Waals surface area contributed by atoms with E-state index in [2.05, 4.69) is 33.8 Å². The highest BCUT2D eigenvalue weighted by Crippen LogP contribution is 2.24. The molecule has 4 heteroatoms. The van der Waals surface area contributed by atoms with Gasteiger partial charge in [-0.25, -0.2) is 9.67 Å². The van der Waals surface area contributed by atoms with Crippen LogP contribution in [0.25, 0.3) is 22.3 Å². The molecule has 0 spiro atoms. The van der Waals surface area contributed by atoms with Crippen LogP contribution in [0.4, 0.5) is 0 Å². The molecule has 0 radical (unpaired) electrons. The summed E-state index contributed by atoms with van der Waals surface area (Å²) in [5, 5.41) is 5.52. The molecule has 0 aliphatic carbocycles. The Kier molecular flexibility index (Phi) is 2.86. The fraction of sp³-hybridized carbons (Fsp3) is 0. The number of hydrogen-bond acceptors (Lipinski definition) is 2. The lowest BCUT2D eigenvalue weighted by Crippen LogP contribution is -1.95. The van der Waals surface area contributed by atoms with E-state index in [0.29, 0.717) is 0 Å². The van der Waals surface area contributed by atoms with E-state index in [1.165, 1.54) is 0 Å². The van der Waals surface area contributed by atoms with Crippen molar-refractivity contribution in [2.45, 2.75) is 0 Å². The Balaban J connectivity index is 1.76. The molecule has 0 bridgehead atoms. The second-order valence-electron chi connectivity index (χ2n) is 5.09. The second-order valence-corrected chi connectivity index (χ2v) is 5.09. The zero-order valence-electron chi connectivity index (χ0n) is 11.9. The van der Waals surface area contributed by atoms with Crippen LogP contribution in [-0.4, -0.2) is 19.7 Å². The lowest BCUT2D eigenvalue weighted by molar-refractivity contribution is 0.886. The summed E-state index contributed by atoms with van der Waals surface area (Å²) in [7, 11) is 0. The summed E-state index contributed by atoms with van der Waals surface area (Å²) >= 11 is 0. The molecule has 106 valence electrons. The van der Waals surface area contributed by atoms with Crippen LogP contribution in [-0.2, 0) is 0 Å². The number of H-pyrrole nitrogens is 1. The molecule has 0 aliphatic rings. The molecule has 1 N–H and O–H groups in total. The largest absolute Gasteiger partial charge is 0.346 e. The van der Waals surface area contributed by atoms with E-state index in [0.717, 1.165) is 33.4 Å². The highest BCUT2D eigenvalue weighted by Gasteiger charge is 2.09. The Morgan fingerprint density at radius 1 is 1.05 bits per heavy atom. The van der Waals surface area contributed by atoms with E-state index in [1.807, 2.05) is 53.6 Å². The minimum atomic E-state index is 0.858. The molecular weight excluding hydrogens is 272 g/mol. The zero-order chi connectivity index (χ0) is 14.9. The Bertz CT molecular complexity index is 947. The molecule has 0 amide bonds. The van der Waals surface area contributed by atoms with E-state index in [1.54, 1.807) is 6.20 Å². The van der Waals surface area contributed by atoms with E-state index in [4.69, 9.17) is 0 Å². The van der Waals surface area contributed by atoms with Gasteiger partial charge in [0.25, 0.3) is 0 Å². The van der Waals surface area contributed by atoms with Gasteiger partial charge in [0, 0.05) is 29.5 Å². The fourth-order valence-electron chi connectivity index (χ4n) is 2.56. The van der Waals surface area contributed by atoms with Crippen LogP contribution in [0.2, 0.25) is 0 Å². The molecule has 3 aromatic heterocycles. The van der Waals surface area contributed by atoms with Crippen LogP contribution in [0.5, 0.6) is 0 Å². The quantitative estimate of drug-likeness (QED) is 0.622. The van der Waals surface area contributed by atoms with E-state index in [-0.39, 0.29) is 0 Å². The molecule has 1 aromatic carbocycles. The van der Waals surface area contributed by atoms with Gasteiger partial charge >= 0.3 is 0 Å². The van der Waals surface area contributed by atoms with Gasteiger partial charge in [-0.3, -0.25) is 0 Å². The Hall–Kier alpha value is -3.14. The highest BCUT2D eigenvalue weighted by atomic mass is 15.3. The van der Waals surface area contributed by atoms with Crippen molar-refractivity contribution >= 4 is 16.6 Å². The van der Waals surface area contributed by atoms with Gasteiger partial charge in [0.05, 0.1) is 11.9 Å². The molecule has 4 aromatic rings. The predicted octanol–water partition coefficient (Wildman–Crippen LogP) is 3.81. The van der Waals surface area contributed by atoms with Crippen LogP contribution in [0.1, 0.15) is 11.1 Å². The Morgan fingerprint density at radius 3 is 2.77 bits per heavy atom. The third kappa shape index (κ3) is 2.02. The number of pyridine rings is 1. The third-order valence-electron chi connectivity index (χ3n) is 3.74. The molecule has 0 aliphatic heterocycles. The maximum atomic E-state index is 4.48. The molecule has 4 nitrogen and oxygen atoms in total.